The van der Waals surface area contributed by atoms with Gasteiger partial charge in [0.05, 0.1) is 17.0 Å². The second-order valence-electron chi connectivity index (χ2n) is 7.36. The molecule has 2 aliphatic heterocycles. The van der Waals surface area contributed by atoms with E-state index in [9.17, 15) is 4.79 Å². The fourth-order valence-corrected chi connectivity index (χ4v) is 4.31. The van der Waals surface area contributed by atoms with Crippen LogP contribution in [0.25, 0.3) is 0 Å². The van der Waals surface area contributed by atoms with Gasteiger partial charge < -0.3 is 4.74 Å². The number of nitrogens with one attached hydrogen (secondary N) is 4. The molecular weight excluding hydrogens is 292 g/mol. The third kappa shape index (κ3) is 3.08. The van der Waals surface area contributed by atoms with Crippen LogP contribution < -0.4 is 21.7 Å². The summed E-state index contributed by atoms with van der Waals surface area (Å²) in [6, 6.07) is 0. The first-order valence-corrected chi connectivity index (χ1v) is 8.75. The molecule has 6 heteroatoms. The molecule has 0 bridgehead atoms. The van der Waals surface area contributed by atoms with Crippen molar-refractivity contribution in [1.29, 1.82) is 0 Å². The number of hydrogen-bond donors (Lipinski definition) is 4. The van der Waals surface area contributed by atoms with E-state index in [0.29, 0.717) is 0 Å². The maximum Gasteiger partial charge on any atom is 0.309 e. The Labute approximate surface area is 137 Å². The van der Waals surface area contributed by atoms with Crippen molar-refractivity contribution in [3.05, 3.63) is 24.3 Å². The minimum absolute atomic E-state index is 0.0172. The van der Waals surface area contributed by atoms with Crippen molar-refractivity contribution >= 4 is 5.97 Å². The Morgan fingerprint density at radius 3 is 2.26 bits per heavy atom. The van der Waals surface area contributed by atoms with Gasteiger partial charge in [0.2, 0.25) is 0 Å². The number of esters is 1. The molecule has 4 N–H and O–H groups in total. The second-order valence-corrected chi connectivity index (χ2v) is 7.36. The Bertz CT molecular complexity index is 519. The lowest BCUT2D eigenvalue weighted by molar-refractivity contribution is -0.156. The highest BCUT2D eigenvalue weighted by molar-refractivity contribution is 5.73. The van der Waals surface area contributed by atoms with Crippen LogP contribution in [-0.4, -0.2) is 36.2 Å². The van der Waals surface area contributed by atoms with Crippen LogP contribution in [0.5, 0.6) is 0 Å². The molecule has 4 rings (SSSR count). The van der Waals surface area contributed by atoms with Crippen LogP contribution in [0.1, 0.15) is 38.5 Å². The van der Waals surface area contributed by atoms with Crippen molar-refractivity contribution < 1.29 is 9.53 Å². The van der Waals surface area contributed by atoms with Crippen LogP contribution in [0.15, 0.2) is 24.3 Å². The van der Waals surface area contributed by atoms with Gasteiger partial charge in [-0.25, -0.2) is 10.9 Å². The van der Waals surface area contributed by atoms with Gasteiger partial charge in [-0.3, -0.25) is 15.6 Å². The highest BCUT2D eigenvalue weighted by Crippen LogP contribution is 2.34. The zero-order valence-corrected chi connectivity index (χ0v) is 13.4. The highest BCUT2D eigenvalue weighted by Gasteiger charge is 2.41. The number of carbonyl (C=O) groups is 1. The van der Waals surface area contributed by atoms with E-state index in [-0.39, 0.29) is 29.1 Å². The average Bonchev–Trinajstić information content (AvgIpc) is 3.18. The third-order valence-electron chi connectivity index (χ3n) is 5.58. The number of hydrogen-bond acceptors (Lipinski definition) is 6. The van der Waals surface area contributed by atoms with Gasteiger partial charge in [0.1, 0.15) is 6.10 Å². The van der Waals surface area contributed by atoms with Crippen molar-refractivity contribution in [2.45, 2.75) is 55.7 Å². The van der Waals surface area contributed by atoms with Gasteiger partial charge in [-0.1, -0.05) is 24.3 Å². The van der Waals surface area contributed by atoms with Gasteiger partial charge in [0.25, 0.3) is 0 Å². The fourth-order valence-electron chi connectivity index (χ4n) is 4.31. The van der Waals surface area contributed by atoms with E-state index >= 15 is 0 Å². The van der Waals surface area contributed by atoms with Crippen LogP contribution in [0, 0.1) is 5.92 Å². The standard InChI is InChI=1S/C17H26N4O2/c22-15(13-3-1-5-16(11-13)7-9-18-20-16)23-14-4-2-6-17(12-14)8-10-19-21-17/h1-2,5-6,13-14,18-21H,3-4,7-12H2. The number of allylic oxidation sites excluding steroid dienone is 1. The smallest absolute Gasteiger partial charge is 0.309 e. The van der Waals surface area contributed by atoms with Crippen LogP contribution in [0.2, 0.25) is 0 Å². The van der Waals surface area contributed by atoms with E-state index < -0.39 is 0 Å². The summed E-state index contributed by atoms with van der Waals surface area (Å²) in [6.07, 6.45) is 14.0. The van der Waals surface area contributed by atoms with Gasteiger partial charge in [-0.15, -0.1) is 0 Å². The first-order valence-electron chi connectivity index (χ1n) is 8.75. The third-order valence-corrected chi connectivity index (χ3v) is 5.58. The van der Waals surface area contributed by atoms with Gasteiger partial charge in [0, 0.05) is 25.9 Å². The lowest BCUT2D eigenvalue weighted by Crippen LogP contribution is -2.48. The number of rotatable bonds is 2. The maximum absolute atomic E-state index is 12.6. The summed E-state index contributed by atoms with van der Waals surface area (Å²) in [6.45, 7) is 1.90. The highest BCUT2D eigenvalue weighted by atomic mass is 16.5. The van der Waals surface area contributed by atoms with E-state index in [1.54, 1.807) is 0 Å². The van der Waals surface area contributed by atoms with Crippen LogP contribution in [-0.2, 0) is 9.53 Å². The minimum Gasteiger partial charge on any atom is -0.462 e. The largest absolute Gasteiger partial charge is 0.462 e. The molecule has 0 aromatic heterocycles. The van der Waals surface area contributed by atoms with E-state index in [1.165, 1.54) is 0 Å². The summed E-state index contributed by atoms with van der Waals surface area (Å²) < 4.78 is 5.88. The number of ether oxygens (including phenoxy) is 1. The van der Waals surface area contributed by atoms with Crippen molar-refractivity contribution in [2.24, 2.45) is 5.92 Å². The summed E-state index contributed by atoms with van der Waals surface area (Å²) in [5, 5.41) is 0. The van der Waals surface area contributed by atoms with Crippen LogP contribution in [0.4, 0.5) is 0 Å². The van der Waals surface area contributed by atoms with Crippen LogP contribution in [0.3, 0.4) is 0 Å². The Morgan fingerprint density at radius 2 is 1.61 bits per heavy atom. The molecule has 2 aliphatic carbocycles. The Morgan fingerprint density at radius 1 is 0.957 bits per heavy atom. The summed E-state index contributed by atoms with van der Waals surface area (Å²) in [7, 11) is 0. The minimum atomic E-state index is -0.0629. The molecule has 2 spiro atoms. The predicted molar refractivity (Wildman–Crippen MR) is 87.1 cm³/mol. The zero-order chi connectivity index (χ0) is 15.8. The molecule has 4 aliphatic rings. The topological polar surface area (TPSA) is 74.4 Å². The molecular formula is C17H26N4O2. The lowest BCUT2D eigenvalue weighted by atomic mass is 9.79. The predicted octanol–water partition coefficient (Wildman–Crippen LogP) is 0.688. The van der Waals surface area contributed by atoms with Crippen molar-refractivity contribution in [3.63, 3.8) is 0 Å². The molecule has 0 saturated carbocycles. The molecule has 2 fully saturated rings. The fraction of sp³-hybridized carbons (Fsp3) is 0.706. The molecule has 2 heterocycles. The number of hydrazine groups is 2. The van der Waals surface area contributed by atoms with Crippen LogP contribution >= 0.6 is 0 Å². The second kappa shape index (κ2) is 6.02. The van der Waals surface area contributed by atoms with Gasteiger partial charge in [0.15, 0.2) is 0 Å². The summed E-state index contributed by atoms with van der Waals surface area (Å²) >= 11 is 0. The van der Waals surface area contributed by atoms with Crippen molar-refractivity contribution in [1.82, 2.24) is 21.7 Å². The molecule has 126 valence electrons. The Kier molecular flexibility index (Phi) is 4.01. The summed E-state index contributed by atoms with van der Waals surface area (Å²) in [5.41, 5.74) is 12.9. The van der Waals surface area contributed by atoms with E-state index in [4.69, 9.17) is 4.74 Å². The number of carbonyl (C=O) groups excluding carboxylic acids is 1. The lowest BCUT2D eigenvalue weighted by Gasteiger charge is -2.35. The SMILES string of the molecule is O=C(OC1CC=CC2(CCNN2)C1)C1CC=CC2(CCNN2)C1. The Balaban J connectivity index is 1.37. The molecule has 0 amide bonds. The maximum atomic E-state index is 12.6. The quantitative estimate of drug-likeness (QED) is 0.443. The van der Waals surface area contributed by atoms with Gasteiger partial charge in [-0.05, 0) is 25.7 Å². The van der Waals surface area contributed by atoms with Crippen molar-refractivity contribution in [2.75, 3.05) is 13.1 Å². The van der Waals surface area contributed by atoms with Crippen molar-refractivity contribution in [3.8, 4) is 0 Å². The van der Waals surface area contributed by atoms with E-state index in [0.717, 1.165) is 51.6 Å². The summed E-state index contributed by atoms with van der Waals surface area (Å²) in [4.78, 5) is 12.6. The molecule has 0 aromatic rings. The zero-order valence-electron chi connectivity index (χ0n) is 13.4. The summed E-state index contributed by atoms with van der Waals surface area (Å²) in [5.74, 6) is -0.0762. The first-order chi connectivity index (χ1) is 11.2. The molecule has 23 heavy (non-hydrogen) atoms. The molecule has 4 unspecified atom stereocenters. The molecule has 0 radical (unpaired) electrons. The monoisotopic (exact) mass is 318 g/mol. The average molecular weight is 318 g/mol. The normalized spacial score (nSPS) is 42.6. The molecule has 2 saturated heterocycles. The Hall–Kier alpha value is -1.21. The van der Waals surface area contributed by atoms with E-state index in [2.05, 4.69) is 46.0 Å². The molecule has 6 nitrogen and oxygen atoms in total. The van der Waals surface area contributed by atoms with Gasteiger partial charge >= 0.3 is 5.97 Å². The molecule has 4 atom stereocenters. The first kappa shape index (κ1) is 15.3. The van der Waals surface area contributed by atoms with Gasteiger partial charge in [-0.2, -0.15) is 0 Å². The van der Waals surface area contributed by atoms with E-state index in [1.807, 2.05) is 0 Å². The molecule has 0 aromatic carbocycles.